The first-order valence-electron chi connectivity index (χ1n) is 3.67. The van der Waals surface area contributed by atoms with Crippen LogP contribution >= 0.6 is 34.9 Å². The standard InChI is InChI=1S/C8H5Cl2NO2S2/c9-3-5-1-2-6(4-11)7(14)8(5)15(10,12)13/h1-2,14H,3H2. The molecule has 3 nitrogen and oxygen atoms in total. The van der Waals surface area contributed by atoms with Crippen molar-refractivity contribution >= 4 is 44.0 Å². The molecule has 7 heteroatoms. The van der Waals surface area contributed by atoms with E-state index in [-0.39, 0.29) is 21.2 Å². The molecule has 0 spiro atoms. The van der Waals surface area contributed by atoms with Crippen LogP contribution in [0.4, 0.5) is 0 Å². The fraction of sp³-hybridized carbons (Fsp3) is 0.125. The smallest absolute Gasteiger partial charge is 0.207 e. The fourth-order valence-corrected chi connectivity index (χ4v) is 3.50. The molecule has 0 unspecified atom stereocenters. The van der Waals surface area contributed by atoms with Crippen LogP contribution in [0.3, 0.4) is 0 Å². The first-order chi connectivity index (χ1) is 6.91. The highest BCUT2D eigenvalue weighted by atomic mass is 35.7. The van der Waals surface area contributed by atoms with E-state index in [0.29, 0.717) is 5.56 Å². The molecule has 0 aromatic heterocycles. The number of hydrogen-bond donors (Lipinski definition) is 1. The highest BCUT2D eigenvalue weighted by Crippen LogP contribution is 2.30. The molecule has 0 bridgehead atoms. The summed E-state index contributed by atoms with van der Waals surface area (Å²) >= 11 is 9.53. The maximum absolute atomic E-state index is 11.3. The Morgan fingerprint density at radius 1 is 1.47 bits per heavy atom. The number of nitriles is 1. The zero-order valence-electron chi connectivity index (χ0n) is 7.24. The lowest BCUT2D eigenvalue weighted by molar-refractivity contribution is 0.607. The van der Waals surface area contributed by atoms with Crippen molar-refractivity contribution in [3.8, 4) is 6.07 Å². The zero-order valence-corrected chi connectivity index (χ0v) is 10.5. The summed E-state index contributed by atoms with van der Waals surface area (Å²) in [6.45, 7) is 0. The van der Waals surface area contributed by atoms with Crippen LogP contribution in [0.15, 0.2) is 21.9 Å². The Balaban J connectivity index is 3.67. The monoisotopic (exact) mass is 281 g/mol. The molecule has 0 saturated heterocycles. The molecule has 1 aromatic rings. The van der Waals surface area contributed by atoms with E-state index in [4.69, 9.17) is 27.5 Å². The van der Waals surface area contributed by atoms with Gasteiger partial charge in [0.25, 0.3) is 9.05 Å². The Morgan fingerprint density at radius 3 is 2.47 bits per heavy atom. The molecule has 0 radical (unpaired) electrons. The van der Waals surface area contributed by atoms with Crippen LogP contribution in [0.2, 0.25) is 0 Å². The van der Waals surface area contributed by atoms with Gasteiger partial charge in [-0.05, 0) is 11.6 Å². The van der Waals surface area contributed by atoms with Crippen molar-refractivity contribution in [1.29, 1.82) is 5.26 Å². The SMILES string of the molecule is N#Cc1ccc(CCl)c(S(=O)(=O)Cl)c1S. The number of benzene rings is 1. The van der Waals surface area contributed by atoms with Gasteiger partial charge in [-0.15, -0.1) is 24.2 Å². The molecular weight excluding hydrogens is 277 g/mol. The molecule has 0 amide bonds. The van der Waals surface area contributed by atoms with Crippen LogP contribution in [-0.4, -0.2) is 8.42 Å². The number of halogens is 2. The van der Waals surface area contributed by atoms with E-state index in [1.165, 1.54) is 12.1 Å². The molecule has 0 aliphatic rings. The van der Waals surface area contributed by atoms with Gasteiger partial charge in [0.2, 0.25) is 0 Å². The molecule has 0 atom stereocenters. The van der Waals surface area contributed by atoms with Gasteiger partial charge in [-0.25, -0.2) is 8.42 Å². The Bertz CT molecular complexity index is 534. The number of rotatable bonds is 2. The minimum Gasteiger partial charge on any atom is -0.207 e. The predicted molar refractivity (Wildman–Crippen MR) is 61.0 cm³/mol. The lowest BCUT2D eigenvalue weighted by atomic mass is 10.2. The van der Waals surface area contributed by atoms with Gasteiger partial charge in [-0.2, -0.15) is 5.26 Å². The summed E-state index contributed by atoms with van der Waals surface area (Å²) in [4.78, 5) is -0.160. The van der Waals surface area contributed by atoms with Gasteiger partial charge in [-0.3, -0.25) is 0 Å². The Morgan fingerprint density at radius 2 is 2.07 bits per heavy atom. The second-order valence-electron chi connectivity index (χ2n) is 2.63. The normalized spacial score (nSPS) is 11.1. The van der Waals surface area contributed by atoms with Crippen molar-refractivity contribution in [2.24, 2.45) is 0 Å². The molecule has 15 heavy (non-hydrogen) atoms. The van der Waals surface area contributed by atoms with Gasteiger partial charge in [0.15, 0.2) is 0 Å². The fourth-order valence-electron chi connectivity index (χ4n) is 1.08. The van der Waals surface area contributed by atoms with Crippen molar-refractivity contribution in [3.05, 3.63) is 23.3 Å². The highest BCUT2D eigenvalue weighted by Gasteiger charge is 2.20. The van der Waals surface area contributed by atoms with E-state index < -0.39 is 9.05 Å². The molecule has 0 N–H and O–H groups in total. The van der Waals surface area contributed by atoms with Crippen LogP contribution in [0.1, 0.15) is 11.1 Å². The summed E-state index contributed by atoms with van der Waals surface area (Å²) in [7, 11) is 1.28. The predicted octanol–water partition coefficient (Wildman–Crippen LogP) is 2.51. The average Bonchev–Trinajstić information content (AvgIpc) is 2.15. The molecular formula is C8H5Cl2NO2S2. The van der Waals surface area contributed by atoms with E-state index in [9.17, 15) is 8.42 Å². The minimum absolute atomic E-state index is 0.0133. The quantitative estimate of drug-likeness (QED) is 0.515. The van der Waals surface area contributed by atoms with Crippen molar-refractivity contribution in [2.45, 2.75) is 15.7 Å². The summed E-state index contributed by atoms with van der Waals surface area (Å²) < 4.78 is 22.5. The average molecular weight is 282 g/mol. The lowest BCUT2D eigenvalue weighted by Gasteiger charge is -2.07. The van der Waals surface area contributed by atoms with Crippen LogP contribution in [-0.2, 0) is 14.9 Å². The number of thiol groups is 1. The van der Waals surface area contributed by atoms with Gasteiger partial charge in [0.1, 0.15) is 11.0 Å². The third-order valence-electron chi connectivity index (χ3n) is 1.72. The third-order valence-corrected chi connectivity index (χ3v) is 4.04. The van der Waals surface area contributed by atoms with Crippen molar-refractivity contribution < 1.29 is 8.42 Å². The molecule has 80 valence electrons. The van der Waals surface area contributed by atoms with Crippen molar-refractivity contribution in [1.82, 2.24) is 0 Å². The van der Waals surface area contributed by atoms with Crippen LogP contribution in [0.25, 0.3) is 0 Å². The molecule has 0 aliphatic heterocycles. The number of hydrogen-bond acceptors (Lipinski definition) is 4. The van der Waals surface area contributed by atoms with E-state index in [0.717, 1.165) is 0 Å². The summed E-state index contributed by atoms with van der Waals surface area (Å²) in [5.74, 6) is -0.0133. The molecule has 0 fully saturated rings. The summed E-state index contributed by atoms with van der Waals surface area (Å²) in [5, 5.41) is 8.70. The van der Waals surface area contributed by atoms with Gasteiger partial charge in [0, 0.05) is 21.5 Å². The second-order valence-corrected chi connectivity index (χ2v) is 5.85. The van der Waals surface area contributed by atoms with Gasteiger partial charge in [0.05, 0.1) is 5.56 Å². The lowest BCUT2D eigenvalue weighted by Crippen LogP contribution is -2.00. The topological polar surface area (TPSA) is 57.9 Å². The van der Waals surface area contributed by atoms with Crippen molar-refractivity contribution in [3.63, 3.8) is 0 Å². The van der Waals surface area contributed by atoms with Crippen LogP contribution < -0.4 is 0 Å². The molecule has 0 heterocycles. The Hall–Kier alpha value is -0.410. The van der Waals surface area contributed by atoms with Gasteiger partial charge >= 0.3 is 0 Å². The molecule has 1 aromatic carbocycles. The number of nitrogens with zero attached hydrogens (tertiary/aromatic N) is 1. The van der Waals surface area contributed by atoms with E-state index in [1.807, 2.05) is 6.07 Å². The molecule has 0 aliphatic carbocycles. The second kappa shape index (κ2) is 4.62. The van der Waals surface area contributed by atoms with E-state index >= 15 is 0 Å². The van der Waals surface area contributed by atoms with Crippen molar-refractivity contribution in [2.75, 3.05) is 0 Å². The third kappa shape index (κ3) is 2.58. The summed E-state index contributed by atoms with van der Waals surface area (Å²) in [6.07, 6.45) is 0. The summed E-state index contributed by atoms with van der Waals surface area (Å²) in [5.41, 5.74) is 0.474. The first-order valence-corrected chi connectivity index (χ1v) is 6.96. The first kappa shape index (κ1) is 12.7. The maximum Gasteiger partial charge on any atom is 0.262 e. The molecule has 0 saturated carbocycles. The Labute approximate surface area is 102 Å². The van der Waals surface area contributed by atoms with Crippen LogP contribution in [0, 0.1) is 11.3 Å². The van der Waals surface area contributed by atoms with E-state index in [2.05, 4.69) is 12.6 Å². The van der Waals surface area contributed by atoms with E-state index in [1.54, 1.807) is 0 Å². The zero-order chi connectivity index (χ0) is 11.6. The number of alkyl halides is 1. The van der Waals surface area contributed by atoms with Gasteiger partial charge < -0.3 is 0 Å². The minimum atomic E-state index is -3.95. The molecule has 1 rings (SSSR count). The Kier molecular flexibility index (Phi) is 3.90. The largest absolute Gasteiger partial charge is 0.262 e. The maximum atomic E-state index is 11.3. The highest BCUT2D eigenvalue weighted by molar-refractivity contribution is 8.14. The van der Waals surface area contributed by atoms with Crippen LogP contribution in [0.5, 0.6) is 0 Å². The summed E-state index contributed by atoms with van der Waals surface area (Å²) in [6, 6.07) is 4.71. The van der Waals surface area contributed by atoms with Gasteiger partial charge in [-0.1, -0.05) is 6.07 Å².